The fraction of sp³-hybridized carbons (Fsp3) is 0.885. The van der Waals surface area contributed by atoms with Gasteiger partial charge in [-0.05, 0) is 70.6 Å². The highest BCUT2D eigenvalue weighted by Gasteiger charge is 2.24. The normalized spacial score (nSPS) is 13.4. The van der Waals surface area contributed by atoms with E-state index in [9.17, 15) is 19.8 Å². The molecule has 0 aliphatic heterocycles. The third-order valence-corrected chi connectivity index (χ3v) is 11.8. The van der Waals surface area contributed by atoms with Crippen molar-refractivity contribution in [2.45, 2.75) is 289 Å². The predicted molar refractivity (Wildman–Crippen MR) is 250 cm³/mol. The van der Waals surface area contributed by atoms with E-state index in [4.69, 9.17) is 4.74 Å². The van der Waals surface area contributed by atoms with Crippen LogP contribution in [0.2, 0.25) is 0 Å². The molecular weight excluding hydrogens is 719 g/mol. The Labute approximate surface area is 361 Å². The number of nitrogens with one attached hydrogen (secondary N) is 1. The van der Waals surface area contributed by atoms with Gasteiger partial charge in [-0.2, -0.15) is 0 Å². The van der Waals surface area contributed by atoms with Gasteiger partial charge in [-0.1, -0.05) is 212 Å². The lowest BCUT2D eigenvalue weighted by atomic mass is 10.0. The summed E-state index contributed by atoms with van der Waals surface area (Å²) < 4.78 is 5.91. The van der Waals surface area contributed by atoms with Crippen LogP contribution < -0.4 is 5.32 Å². The lowest BCUT2D eigenvalue weighted by Gasteiger charge is -2.24. The zero-order valence-electron chi connectivity index (χ0n) is 38.9. The van der Waals surface area contributed by atoms with Gasteiger partial charge in [0.05, 0.1) is 25.2 Å². The lowest BCUT2D eigenvalue weighted by molar-refractivity contribution is -0.151. The van der Waals surface area contributed by atoms with E-state index in [1.165, 1.54) is 154 Å². The molecule has 6 heteroatoms. The number of aliphatic hydroxyl groups is 2. The van der Waals surface area contributed by atoms with Gasteiger partial charge >= 0.3 is 5.97 Å². The molecular formula is C52H99NO5. The summed E-state index contributed by atoms with van der Waals surface area (Å²) in [6.45, 7) is 6.43. The van der Waals surface area contributed by atoms with Crippen LogP contribution in [-0.2, 0) is 14.3 Å². The fourth-order valence-electron chi connectivity index (χ4n) is 7.82. The van der Waals surface area contributed by atoms with Gasteiger partial charge < -0.3 is 20.3 Å². The second-order valence-corrected chi connectivity index (χ2v) is 17.6. The molecule has 342 valence electrons. The lowest BCUT2D eigenvalue weighted by Crippen LogP contribution is -2.46. The van der Waals surface area contributed by atoms with Crippen molar-refractivity contribution in [3.8, 4) is 0 Å². The Morgan fingerprint density at radius 1 is 0.483 bits per heavy atom. The number of ether oxygens (including phenoxy) is 1. The second-order valence-electron chi connectivity index (χ2n) is 17.6. The summed E-state index contributed by atoms with van der Waals surface area (Å²) in [6.07, 6.45) is 52.5. The van der Waals surface area contributed by atoms with Gasteiger partial charge in [0.15, 0.2) is 0 Å². The van der Waals surface area contributed by atoms with Gasteiger partial charge in [0.1, 0.15) is 6.10 Å². The van der Waals surface area contributed by atoms with Crippen molar-refractivity contribution in [3.63, 3.8) is 0 Å². The summed E-state index contributed by atoms with van der Waals surface area (Å²) in [5.74, 6) is -0.485. The standard InChI is InChI=1S/C52H99NO5/c1-4-7-10-13-16-19-21-22-23-24-25-26-27-28-30-33-36-39-42-45-52(57)58-48(43-40-37-34-31-18-15-12-9-6-3)46-51(56)53-49(47-54)50(55)44-41-38-35-32-29-20-17-14-11-8-5-2/h15,18,22-23,48-50,54-55H,4-14,16-17,19-21,24-47H2,1-3H3,(H,53,56)/b18-15-,23-22+. The van der Waals surface area contributed by atoms with Gasteiger partial charge in [0, 0.05) is 6.42 Å². The Morgan fingerprint density at radius 3 is 1.29 bits per heavy atom. The van der Waals surface area contributed by atoms with Crippen LogP contribution >= 0.6 is 0 Å². The van der Waals surface area contributed by atoms with Crippen LogP contribution in [0.5, 0.6) is 0 Å². The van der Waals surface area contributed by atoms with Gasteiger partial charge in [-0.25, -0.2) is 0 Å². The maximum atomic E-state index is 13.1. The summed E-state index contributed by atoms with van der Waals surface area (Å²) >= 11 is 0. The van der Waals surface area contributed by atoms with Crippen LogP contribution in [0.3, 0.4) is 0 Å². The van der Waals surface area contributed by atoms with Crippen LogP contribution in [0, 0.1) is 0 Å². The first-order valence-corrected chi connectivity index (χ1v) is 25.6. The molecule has 0 bridgehead atoms. The van der Waals surface area contributed by atoms with Crippen LogP contribution in [-0.4, -0.2) is 46.9 Å². The molecule has 0 spiro atoms. The summed E-state index contributed by atoms with van der Waals surface area (Å²) in [6, 6.07) is -0.701. The molecule has 0 aliphatic rings. The van der Waals surface area contributed by atoms with E-state index in [0.717, 1.165) is 70.6 Å². The SMILES string of the molecule is CCCC/C=C\CCCCCC(CC(=O)NC(CO)C(O)CCCCCCCCCCCCC)OC(=O)CCCCCCCCCCC/C=C/CCCCCCCC. The van der Waals surface area contributed by atoms with Gasteiger partial charge in [-0.3, -0.25) is 9.59 Å². The summed E-state index contributed by atoms with van der Waals surface area (Å²) in [7, 11) is 0. The molecule has 0 saturated heterocycles. The topological polar surface area (TPSA) is 95.9 Å². The van der Waals surface area contributed by atoms with Gasteiger partial charge in [0.25, 0.3) is 0 Å². The Morgan fingerprint density at radius 2 is 0.845 bits per heavy atom. The molecule has 0 fully saturated rings. The summed E-state index contributed by atoms with van der Waals surface area (Å²) in [4.78, 5) is 26.0. The van der Waals surface area contributed by atoms with E-state index in [-0.39, 0.29) is 24.9 Å². The highest BCUT2D eigenvalue weighted by molar-refractivity contribution is 5.77. The minimum atomic E-state index is -0.786. The molecule has 3 atom stereocenters. The molecule has 0 rings (SSSR count). The average molecular weight is 818 g/mol. The number of esters is 1. The number of amides is 1. The van der Waals surface area contributed by atoms with E-state index < -0.39 is 18.2 Å². The molecule has 3 N–H and O–H groups in total. The minimum absolute atomic E-state index is 0.0693. The number of unbranched alkanes of at least 4 members (excludes halogenated alkanes) is 30. The van der Waals surface area contributed by atoms with Gasteiger partial charge in [0.2, 0.25) is 5.91 Å². The first-order chi connectivity index (χ1) is 28.5. The van der Waals surface area contributed by atoms with E-state index >= 15 is 0 Å². The molecule has 0 saturated carbocycles. The van der Waals surface area contributed by atoms with Crippen molar-refractivity contribution < 1.29 is 24.5 Å². The zero-order valence-corrected chi connectivity index (χ0v) is 38.9. The minimum Gasteiger partial charge on any atom is -0.462 e. The van der Waals surface area contributed by atoms with E-state index in [0.29, 0.717) is 19.3 Å². The number of carbonyl (C=O) groups excluding carboxylic acids is 2. The largest absolute Gasteiger partial charge is 0.462 e. The Bertz CT molecular complexity index is 919. The zero-order chi connectivity index (χ0) is 42.4. The molecule has 3 unspecified atom stereocenters. The highest BCUT2D eigenvalue weighted by Crippen LogP contribution is 2.18. The number of allylic oxidation sites excluding steroid dienone is 4. The van der Waals surface area contributed by atoms with E-state index in [1.54, 1.807) is 0 Å². The molecule has 1 amide bonds. The van der Waals surface area contributed by atoms with Crippen LogP contribution in [0.25, 0.3) is 0 Å². The fourth-order valence-corrected chi connectivity index (χ4v) is 7.82. The molecule has 0 aromatic heterocycles. The van der Waals surface area contributed by atoms with Crippen molar-refractivity contribution in [1.82, 2.24) is 5.32 Å². The third-order valence-electron chi connectivity index (χ3n) is 11.8. The van der Waals surface area contributed by atoms with Gasteiger partial charge in [-0.15, -0.1) is 0 Å². The Kier molecular flexibility index (Phi) is 45.1. The Balaban J connectivity index is 4.41. The maximum absolute atomic E-state index is 13.1. The average Bonchev–Trinajstić information content (AvgIpc) is 3.22. The summed E-state index contributed by atoms with van der Waals surface area (Å²) in [5.41, 5.74) is 0. The second kappa shape index (κ2) is 46.4. The predicted octanol–water partition coefficient (Wildman–Crippen LogP) is 15.1. The molecule has 0 aliphatic carbocycles. The van der Waals surface area contributed by atoms with Crippen LogP contribution in [0.15, 0.2) is 24.3 Å². The van der Waals surface area contributed by atoms with Crippen LogP contribution in [0.1, 0.15) is 271 Å². The number of hydrogen-bond acceptors (Lipinski definition) is 5. The van der Waals surface area contributed by atoms with Crippen molar-refractivity contribution in [3.05, 3.63) is 24.3 Å². The molecule has 0 radical (unpaired) electrons. The highest BCUT2D eigenvalue weighted by atomic mass is 16.5. The van der Waals surface area contributed by atoms with Crippen molar-refractivity contribution in [2.75, 3.05) is 6.61 Å². The Hall–Kier alpha value is -1.66. The molecule has 0 aromatic carbocycles. The van der Waals surface area contributed by atoms with Crippen molar-refractivity contribution in [1.29, 1.82) is 0 Å². The quantitative estimate of drug-likeness (QED) is 0.0323. The first-order valence-electron chi connectivity index (χ1n) is 25.6. The van der Waals surface area contributed by atoms with Crippen molar-refractivity contribution >= 4 is 11.9 Å². The van der Waals surface area contributed by atoms with Crippen molar-refractivity contribution in [2.24, 2.45) is 0 Å². The molecule has 6 nitrogen and oxygen atoms in total. The van der Waals surface area contributed by atoms with E-state index in [1.807, 2.05) is 0 Å². The number of rotatable bonds is 46. The molecule has 0 aromatic rings. The monoisotopic (exact) mass is 818 g/mol. The summed E-state index contributed by atoms with van der Waals surface area (Å²) in [5, 5.41) is 23.7. The van der Waals surface area contributed by atoms with Crippen LogP contribution in [0.4, 0.5) is 0 Å². The smallest absolute Gasteiger partial charge is 0.306 e. The molecule has 0 heterocycles. The number of hydrogen-bond donors (Lipinski definition) is 3. The molecule has 58 heavy (non-hydrogen) atoms. The third kappa shape index (κ3) is 41.1. The van der Waals surface area contributed by atoms with E-state index in [2.05, 4.69) is 50.4 Å². The first kappa shape index (κ1) is 56.3. The number of carbonyl (C=O) groups is 2. The maximum Gasteiger partial charge on any atom is 0.306 e. The number of aliphatic hydroxyl groups excluding tert-OH is 2.